The number of carbonyl (C=O) groups excluding carboxylic acids is 1. The molecule has 0 spiro atoms. The molecule has 1 N–H and O–H groups in total. The van der Waals surface area contributed by atoms with Crippen LogP contribution in [0.25, 0.3) is 0 Å². The van der Waals surface area contributed by atoms with Gasteiger partial charge < -0.3 is 5.32 Å². The highest BCUT2D eigenvalue weighted by molar-refractivity contribution is 8.06. The molecule has 0 unspecified atom stereocenters. The second-order valence-corrected chi connectivity index (χ2v) is 5.31. The summed E-state index contributed by atoms with van der Waals surface area (Å²) >= 11 is 7.18. The first kappa shape index (κ1) is 17.7. The van der Waals surface area contributed by atoms with Crippen LogP contribution in [0.2, 0.25) is 5.28 Å². The lowest BCUT2D eigenvalue weighted by atomic mass is 10.0. The summed E-state index contributed by atoms with van der Waals surface area (Å²) in [6.07, 6.45) is 3.50. The maximum Gasteiger partial charge on any atom is 0.225 e. The van der Waals surface area contributed by atoms with Crippen molar-refractivity contribution in [1.82, 2.24) is 9.97 Å². The van der Waals surface area contributed by atoms with Crippen molar-refractivity contribution in [2.75, 3.05) is 11.9 Å². The molecule has 0 bridgehead atoms. The maximum atomic E-state index is 12.5. The van der Waals surface area contributed by atoms with Gasteiger partial charge in [0.05, 0.1) is 4.91 Å². The average molecular weight is 326 g/mol. The average Bonchev–Trinajstić information content (AvgIpc) is 2.53. The molecule has 0 aromatic carbocycles. The fourth-order valence-corrected chi connectivity index (χ4v) is 2.65. The third-order valence-corrected chi connectivity index (χ3v) is 3.80. The van der Waals surface area contributed by atoms with E-state index >= 15 is 0 Å². The molecule has 1 aromatic rings. The fraction of sp³-hybridized carbons (Fsp3) is 0.400. The predicted octanol–water partition coefficient (Wildman–Crippen LogP) is 4.48. The van der Waals surface area contributed by atoms with Crippen molar-refractivity contribution < 1.29 is 4.79 Å². The number of carbonyl (C=O) groups is 1. The van der Waals surface area contributed by atoms with E-state index in [9.17, 15) is 4.79 Å². The van der Waals surface area contributed by atoms with Gasteiger partial charge in [-0.2, -0.15) is 0 Å². The van der Waals surface area contributed by atoms with E-state index in [0.717, 1.165) is 24.9 Å². The molecule has 114 valence electrons. The highest BCUT2D eigenvalue weighted by Gasteiger charge is 2.23. The molecule has 4 nitrogen and oxygen atoms in total. The van der Waals surface area contributed by atoms with Crippen molar-refractivity contribution in [3.63, 3.8) is 0 Å². The first-order valence-electron chi connectivity index (χ1n) is 6.96. The Labute approximate surface area is 135 Å². The number of hydrogen-bond acceptors (Lipinski definition) is 5. The predicted molar refractivity (Wildman–Crippen MR) is 91.1 cm³/mol. The van der Waals surface area contributed by atoms with Crippen molar-refractivity contribution in [2.24, 2.45) is 0 Å². The van der Waals surface area contributed by atoms with Gasteiger partial charge in [0.1, 0.15) is 11.5 Å². The molecule has 0 atom stereocenters. The molecule has 6 heteroatoms. The number of nitrogens with zero attached hydrogens (tertiary/aromatic N) is 2. The summed E-state index contributed by atoms with van der Waals surface area (Å²) in [6, 6.07) is 0. The summed E-state index contributed by atoms with van der Waals surface area (Å²) in [6.45, 7) is 10.3. The van der Waals surface area contributed by atoms with Gasteiger partial charge in [-0.3, -0.25) is 4.79 Å². The number of halogens is 1. The topological polar surface area (TPSA) is 54.9 Å². The third-order valence-electron chi connectivity index (χ3n) is 2.79. The Morgan fingerprint density at radius 2 is 2.14 bits per heavy atom. The Bertz CT molecular complexity index is 558. The summed E-state index contributed by atoms with van der Waals surface area (Å²) in [4.78, 5) is 21.3. The third kappa shape index (κ3) is 4.32. The molecule has 0 fully saturated rings. The van der Waals surface area contributed by atoms with Crippen LogP contribution in [0.5, 0.6) is 0 Å². The molecule has 0 aliphatic carbocycles. The monoisotopic (exact) mass is 325 g/mol. The van der Waals surface area contributed by atoms with Gasteiger partial charge in [-0.1, -0.05) is 38.3 Å². The molecule has 0 radical (unpaired) electrons. The Morgan fingerprint density at radius 3 is 2.76 bits per heavy atom. The minimum absolute atomic E-state index is 0.0931. The van der Waals surface area contributed by atoms with Gasteiger partial charge in [0.25, 0.3) is 0 Å². The zero-order valence-electron chi connectivity index (χ0n) is 12.6. The van der Waals surface area contributed by atoms with Crippen LogP contribution in [0.15, 0.2) is 23.0 Å². The van der Waals surface area contributed by atoms with E-state index in [1.807, 2.05) is 20.8 Å². The summed E-state index contributed by atoms with van der Waals surface area (Å²) in [5.41, 5.74) is 1.24. The van der Waals surface area contributed by atoms with Gasteiger partial charge in [-0.15, -0.1) is 0 Å². The first-order valence-corrected chi connectivity index (χ1v) is 8.22. The van der Waals surface area contributed by atoms with Crippen molar-refractivity contribution in [3.05, 3.63) is 39.5 Å². The maximum absolute atomic E-state index is 12.5. The van der Waals surface area contributed by atoms with E-state index in [1.54, 1.807) is 11.5 Å². The zero-order chi connectivity index (χ0) is 15.8. The molecular formula is C15H20ClN3OS. The van der Waals surface area contributed by atoms with E-state index in [1.165, 1.54) is 11.8 Å². The summed E-state index contributed by atoms with van der Waals surface area (Å²) in [7, 11) is 0. The quantitative estimate of drug-likeness (QED) is 0.502. The molecule has 0 amide bonds. The summed E-state index contributed by atoms with van der Waals surface area (Å²) < 4.78 is 0. The smallest absolute Gasteiger partial charge is 0.225 e. The van der Waals surface area contributed by atoms with E-state index in [4.69, 9.17) is 11.6 Å². The molecule has 0 saturated carbocycles. The van der Waals surface area contributed by atoms with E-state index in [0.29, 0.717) is 16.4 Å². The number of allylic oxidation sites excluding steroid dienone is 2. The van der Waals surface area contributed by atoms with Gasteiger partial charge in [-0.25, -0.2) is 9.97 Å². The van der Waals surface area contributed by atoms with Crippen LogP contribution >= 0.6 is 23.4 Å². The molecule has 1 aromatic heterocycles. The molecule has 2 rings (SSSR count). The largest absolute Gasteiger partial charge is 0.370 e. The van der Waals surface area contributed by atoms with E-state index in [2.05, 4.69) is 21.9 Å². The number of rotatable bonds is 4. The van der Waals surface area contributed by atoms with Gasteiger partial charge in [0.2, 0.25) is 11.1 Å². The summed E-state index contributed by atoms with van der Waals surface area (Å²) in [5, 5.41) is 4.87. The number of ketones is 1. The van der Waals surface area contributed by atoms with E-state index in [-0.39, 0.29) is 11.1 Å². The van der Waals surface area contributed by atoms with Crippen LogP contribution in [-0.2, 0) is 6.42 Å². The molecule has 0 saturated heterocycles. The van der Waals surface area contributed by atoms with Crippen LogP contribution in [0, 0.1) is 0 Å². The van der Waals surface area contributed by atoms with Crippen LogP contribution in [0.3, 0.4) is 0 Å². The molecule has 21 heavy (non-hydrogen) atoms. The van der Waals surface area contributed by atoms with Crippen LogP contribution in [0.1, 0.15) is 43.2 Å². The number of hydrogen-bond donors (Lipinski definition) is 1. The highest BCUT2D eigenvalue weighted by Crippen LogP contribution is 2.28. The van der Waals surface area contributed by atoms with E-state index < -0.39 is 0 Å². The number of fused-ring (bicyclic) bond motifs is 1. The lowest BCUT2D eigenvalue weighted by molar-refractivity contribution is 0.103. The SMILES string of the molecule is C=CS/C(=C\C)C(=O)c1nc(Cl)nc2c1CCCN2.CC. The number of aromatic nitrogens is 2. The first-order chi connectivity index (χ1) is 10.2. The fourth-order valence-electron chi connectivity index (χ4n) is 1.96. The molecular weight excluding hydrogens is 306 g/mol. The number of nitrogens with one attached hydrogen (secondary N) is 1. The normalized spacial score (nSPS) is 13.4. The van der Waals surface area contributed by atoms with Gasteiger partial charge >= 0.3 is 0 Å². The Kier molecular flexibility index (Phi) is 7.47. The second-order valence-electron chi connectivity index (χ2n) is 3.97. The van der Waals surface area contributed by atoms with Crippen LogP contribution < -0.4 is 5.32 Å². The van der Waals surface area contributed by atoms with Gasteiger partial charge in [0.15, 0.2) is 0 Å². The molecule has 2 heterocycles. The molecule has 1 aliphatic heterocycles. The molecule has 1 aliphatic rings. The van der Waals surface area contributed by atoms with Crippen molar-refractivity contribution in [1.29, 1.82) is 0 Å². The highest BCUT2D eigenvalue weighted by atomic mass is 35.5. The van der Waals surface area contributed by atoms with Crippen LogP contribution in [0.4, 0.5) is 5.82 Å². The Morgan fingerprint density at radius 1 is 1.43 bits per heavy atom. The Hall–Kier alpha value is -1.33. The standard InChI is InChI=1S/C13H14ClN3OS.C2H6/c1-3-9(19-4-2)11(18)10-8-6-5-7-15-12(8)17-13(14)16-10;1-2/h3-4H,2,5-7H2,1H3,(H,15,16,17);1-2H3/b9-3-;. The minimum atomic E-state index is -0.128. The number of thioether (sulfide) groups is 1. The lowest BCUT2D eigenvalue weighted by Gasteiger charge is -2.19. The van der Waals surface area contributed by atoms with Crippen LogP contribution in [-0.4, -0.2) is 22.3 Å². The summed E-state index contributed by atoms with van der Waals surface area (Å²) in [5.74, 6) is 0.547. The van der Waals surface area contributed by atoms with Crippen molar-refractivity contribution in [2.45, 2.75) is 33.6 Å². The zero-order valence-corrected chi connectivity index (χ0v) is 14.1. The second kappa shape index (κ2) is 8.85. The lowest BCUT2D eigenvalue weighted by Crippen LogP contribution is -2.19. The number of Topliss-reactive ketones (excluding diaryl/α,β-unsaturated/α-hetero) is 1. The van der Waals surface area contributed by atoms with Crippen molar-refractivity contribution in [3.8, 4) is 0 Å². The van der Waals surface area contributed by atoms with Crippen molar-refractivity contribution >= 4 is 35.0 Å². The Balaban J connectivity index is 0.00000106. The van der Waals surface area contributed by atoms with Gasteiger partial charge in [0, 0.05) is 12.1 Å². The minimum Gasteiger partial charge on any atom is -0.370 e. The van der Waals surface area contributed by atoms with Gasteiger partial charge in [-0.05, 0) is 36.8 Å². The number of anilines is 1.